The number of nitrogens with zero attached hydrogens (tertiary/aromatic N) is 1. The molecule has 0 spiro atoms. The van der Waals surface area contributed by atoms with Gasteiger partial charge in [-0.2, -0.15) is 12.7 Å². The van der Waals surface area contributed by atoms with E-state index in [1.807, 2.05) is 0 Å². The van der Waals surface area contributed by atoms with Crippen molar-refractivity contribution in [1.82, 2.24) is 4.31 Å². The van der Waals surface area contributed by atoms with E-state index in [0.717, 1.165) is 4.31 Å². The Morgan fingerprint density at radius 3 is 2.50 bits per heavy atom. The van der Waals surface area contributed by atoms with E-state index in [2.05, 4.69) is 4.72 Å². The predicted octanol–water partition coefficient (Wildman–Crippen LogP) is 0.503. The number of halogens is 1. The molecule has 16 heavy (non-hydrogen) atoms. The lowest BCUT2D eigenvalue weighted by molar-refractivity contribution is 0.526. The molecule has 1 rings (SSSR count). The molecule has 3 N–H and O–H groups in total. The van der Waals surface area contributed by atoms with Gasteiger partial charge in [-0.1, -0.05) is 6.07 Å². The first-order chi connectivity index (χ1) is 7.36. The van der Waals surface area contributed by atoms with Gasteiger partial charge >= 0.3 is 10.2 Å². The van der Waals surface area contributed by atoms with Crippen LogP contribution in [-0.4, -0.2) is 26.8 Å². The molecule has 5 nitrogen and oxygen atoms in total. The summed E-state index contributed by atoms with van der Waals surface area (Å²) in [5, 5.41) is 0. The molecule has 7 heteroatoms. The van der Waals surface area contributed by atoms with E-state index in [-0.39, 0.29) is 12.2 Å². The van der Waals surface area contributed by atoms with Crippen molar-refractivity contribution in [3.63, 3.8) is 0 Å². The SMILES string of the molecule is CN(C)S(=O)(=O)Nc1ccc(CN)cc1F. The Bertz CT molecular complexity index is 474. The quantitative estimate of drug-likeness (QED) is 0.813. The van der Waals surface area contributed by atoms with Gasteiger partial charge in [-0.05, 0) is 17.7 Å². The second-order valence-electron chi connectivity index (χ2n) is 3.41. The summed E-state index contributed by atoms with van der Waals surface area (Å²) in [5.74, 6) is -0.645. The molecular formula is C9H14FN3O2S. The van der Waals surface area contributed by atoms with Gasteiger partial charge in [-0.3, -0.25) is 4.72 Å². The Kier molecular flexibility index (Phi) is 3.84. The van der Waals surface area contributed by atoms with E-state index < -0.39 is 16.0 Å². The maximum atomic E-state index is 13.4. The van der Waals surface area contributed by atoms with Crippen molar-refractivity contribution >= 4 is 15.9 Å². The number of benzene rings is 1. The molecule has 0 aliphatic heterocycles. The van der Waals surface area contributed by atoms with Gasteiger partial charge in [-0.25, -0.2) is 4.39 Å². The second-order valence-corrected chi connectivity index (χ2v) is 5.29. The van der Waals surface area contributed by atoms with Gasteiger partial charge in [-0.15, -0.1) is 0 Å². The molecule has 0 amide bonds. The summed E-state index contributed by atoms with van der Waals surface area (Å²) in [5.41, 5.74) is 5.84. The smallest absolute Gasteiger partial charge is 0.301 e. The predicted molar refractivity (Wildman–Crippen MR) is 60.5 cm³/mol. The van der Waals surface area contributed by atoms with Crippen LogP contribution in [0.4, 0.5) is 10.1 Å². The zero-order chi connectivity index (χ0) is 12.3. The van der Waals surface area contributed by atoms with Crippen molar-refractivity contribution < 1.29 is 12.8 Å². The molecule has 0 aliphatic carbocycles. The normalized spacial score (nSPS) is 11.8. The summed E-state index contributed by atoms with van der Waals surface area (Å²) in [4.78, 5) is 0. The standard InChI is InChI=1S/C9H14FN3O2S/c1-13(2)16(14,15)12-9-4-3-7(6-11)5-8(9)10/h3-5,12H,6,11H2,1-2H3. The molecule has 0 aromatic heterocycles. The lowest BCUT2D eigenvalue weighted by Gasteiger charge is -2.14. The number of nitrogens with one attached hydrogen (secondary N) is 1. The Balaban J connectivity index is 2.99. The van der Waals surface area contributed by atoms with Crippen molar-refractivity contribution in [1.29, 1.82) is 0 Å². The first-order valence-corrected chi connectivity index (χ1v) is 5.99. The van der Waals surface area contributed by atoms with Gasteiger partial charge in [0.1, 0.15) is 5.82 Å². The van der Waals surface area contributed by atoms with Crippen LogP contribution in [0.3, 0.4) is 0 Å². The second kappa shape index (κ2) is 4.77. The number of hydrogen-bond donors (Lipinski definition) is 2. The first-order valence-electron chi connectivity index (χ1n) is 4.55. The first kappa shape index (κ1) is 12.9. The van der Waals surface area contributed by atoms with Gasteiger partial charge in [0.2, 0.25) is 0 Å². The minimum atomic E-state index is -3.68. The highest BCUT2D eigenvalue weighted by atomic mass is 32.2. The van der Waals surface area contributed by atoms with Gasteiger partial charge in [0.15, 0.2) is 0 Å². The minimum Gasteiger partial charge on any atom is -0.326 e. The summed E-state index contributed by atoms with van der Waals surface area (Å²) in [6.07, 6.45) is 0. The number of rotatable bonds is 4. The summed E-state index contributed by atoms with van der Waals surface area (Å²) in [6.45, 7) is 0.206. The van der Waals surface area contributed by atoms with Crippen LogP contribution in [-0.2, 0) is 16.8 Å². The van der Waals surface area contributed by atoms with E-state index in [1.54, 1.807) is 6.07 Å². The fourth-order valence-corrected chi connectivity index (χ4v) is 1.62. The minimum absolute atomic E-state index is 0.0918. The van der Waals surface area contributed by atoms with E-state index in [9.17, 15) is 12.8 Å². The van der Waals surface area contributed by atoms with Crippen LogP contribution in [0.5, 0.6) is 0 Å². The Labute approximate surface area is 94.2 Å². The van der Waals surface area contributed by atoms with E-state index in [1.165, 1.54) is 26.2 Å². The zero-order valence-electron chi connectivity index (χ0n) is 9.07. The number of nitrogens with two attached hydrogens (primary N) is 1. The average Bonchev–Trinajstić information content (AvgIpc) is 2.20. The molecule has 0 unspecified atom stereocenters. The molecule has 0 saturated carbocycles. The molecule has 0 saturated heterocycles. The van der Waals surface area contributed by atoms with Crippen molar-refractivity contribution in [2.24, 2.45) is 5.73 Å². The third-order valence-corrected chi connectivity index (χ3v) is 3.43. The van der Waals surface area contributed by atoms with E-state index in [0.29, 0.717) is 5.56 Å². The largest absolute Gasteiger partial charge is 0.326 e. The van der Waals surface area contributed by atoms with Crippen LogP contribution in [0.25, 0.3) is 0 Å². The highest BCUT2D eigenvalue weighted by Crippen LogP contribution is 2.17. The molecule has 0 heterocycles. The van der Waals surface area contributed by atoms with Gasteiger partial charge in [0.05, 0.1) is 5.69 Å². The fourth-order valence-electron chi connectivity index (χ4n) is 0.999. The third kappa shape index (κ3) is 2.91. The molecule has 0 radical (unpaired) electrons. The van der Waals surface area contributed by atoms with Crippen molar-refractivity contribution in [2.45, 2.75) is 6.54 Å². The van der Waals surface area contributed by atoms with Crippen LogP contribution >= 0.6 is 0 Å². The molecule has 0 bridgehead atoms. The lowest BCUT2D eigenvalue weighted by atomic mass is 10.2. The number of anilines is 1. The van der Waals surface area contributed by atoms with Gasteiger partial charge < -0.3 is 5.73 Å². The van der Waals surface area contributed by atoms with Gasteiger partial charge in [0.25, 0.3) is 0 Å². The molecule has 0 fully saturated rings. The summed E-state index contributed by atoms with van der Waals surface area (Å²) < 4.78 is 39.4. The number of hydrogen-bond acceptors (Lipinski definition) is 3. The average molecular weight is 247 g/mol. The Morgan fingerprint density at radius 2 is 2.06 bits per heavy atom. The van der Waals surface area contributed by atoms with Crippen molar-refractivity contribution in [2.75, 3.05) is 18.8 Å². The molecular weight excluding hydrogens is 233 g/mol. The van der Waals surface area contributed by atoms with Crippen LogP contribution in [0.15, 0.2) is 18.2 Å². The zero-order valence-corrected chi connectivity index (χ0v) is 9.88. The van der Waals surface area contributed by atoms with Crippen LogP contribution in [0, 0.1) is 5.82 Å². The van der Waals surface area contributed by atoms with Crippen LogP contribution in [0.2, 0.25) is 0 Å². The Hall–Kier alpha value is -1.18. The van der Waals surface area contributed by atoms with Crippen molar-refractivity contribution in [3.8, 4) is 0 Å². The van der Waals surface area contributed by atoms with Crippen LogP contribution in [0.1, 0.15) is 5.56 Å². The summed E-state index contributed by atoms with van der Waals surface area (Å²) in [7, 11) is -0.970. The molecule has 0 atom stereocenters. The monoisotopic (exact) mass is 247 g/mol. The van der Waals surface area contributed by atoms with E-state index in [4.69, 9.17) is 5.73 Å². The summed E-state index contributed by atoms with van der Waals surface area (Å²) >= 11 is 0. The molecule has 90 valence electrons. The fraction of sp³-hybridized carbons (Fsp3) is 0.333. The highest BCUT2D eigenvalue weighted by Gasteiger charge is 2.15. The van der Waals surface area contributed by atoms with E-state index >= 15 is 0 Å². The summed E-state index contributed by atoms with van der Waals surface area (Å²) in [6, 6.07) is 4.11. The maximum absolute atomic E-state index is 13.4. The topological polar surface area (TPSA) is 75.4 Å². The van der Waals surface area contributed by atoms with Crippen molar-refractivity contribution in [3.05, 3.63) is 29.6 Å². The highest BCUT2D eigenvalue weighted by molar-refractivity contribution is 7.90. The molecule has 1 aromatic rings. The molecule has 1 aromatic carbocycles. The van der Waals surface area contributed by atoms with Crippen LogP contribution < -0.4 is 10.5 Å². The Morgan fingerprint density at radius 1 is 1.44 bits per heavy atom. The maximum Gasteiger partial charge on any atom is 0.301 e. The van der Waals surface area contributed by atoms with Gasteiger partial charge in [0, 0.05) is 20.6 Å². The third-order valence-electron chi connectivity index (χ3n) is 1.99. The lowest BCUT2D eigenvalue weighted by Crippen LogP contribution is -2.29. The molecule has 0 aliphatic rings.